The molecular formula is C16H21N3O2. The molecule has 1 aromatic heterocycles. The number of rotatable bonds is 1. The number of aliphatic hydroxyl groups is 1. The lowest BCUT2D eigenvalue weighted by atomic mass is 9.82. The maximum Gasteiger partial charge on any atom is 0.146 e. The summed E-state index contributed by atoms with van der Waals surface area (Å²) in [6.45, 7) is 4.21. The average Bonchev–Trinajstić information content (AvgIpc) is 2.51. The van der Waals surface area contributed by atoms with Crippen molar-refractivity contribution in [2.24, 2.45) is 0 Å². The molecule has 112 valence electrons. The third-order valence-electron chi connectivity index (χ3n) is 4.66. The number of hydrogen-bond donors (Lipinski definition) is 1. The Kier molecular flexibility index (Phi) is 3.83. The van der Waals surface area contributed by atoms with E-state index in [1.807, 2.05) is 19.1 Å². The summed E-state index contributed by atoms with van der Waals surface area (Å²) < 4.78 is 5.92. The Balaban J connectivity index is 1.77. The van der Waals surface area contributed by atoms with Gasteiger partial charge in [-0.05, 0) is 44.7 Å². The first-order chi connectivity index (χ1) is 10.1. The largest absolute Gasteiger partial charge is 0.390 e. The van der Waals surface area contributed by atoms with E-state index in [4.69, 9.17) is 4.74 Å². The molecule has 0 saturated carbocycles. The predicted molar refractivity (Wildman–Crippen MR) is 79.1 cm³/mol. The van der Waals surface area contributed by atoms with Crippen LogP contribution in [-0.4, -0.2) is 41.5 Å². The number of hydrogen-bond acceptors (Lipinski definition) is 5. The summed E-state index contributed by atoms with van der Waals surface area (Å²) in [5.41, 5.74) is 1.14. The summed E-state index contributed by atoms with van der Waals surface area (Å²) >= 11 is 0. The molecule has 0 aromatic carbocycles. The number of piperidine rings is 1. The maximum atomic E-state index is 10.3. The molecule has 0 bridgehead atoms. The number of aromatic nitrogens is 1. The van der Waals surface area contributed by atoms with Crippen molar-refractivity contribution in [3.8, 4) is 6.07 Å². The highest BCUT2D eigenvalue weighted by atomic mass is 16.5. The van der Waals surface area contributed by atoms with Gasteiger partial charge < -0.3 is 14.7 Å². The summed E-state index contributed by atoms with van der Waals surface area (Å²) in [5.74, 6) is 0.762. The lowest BCUT2D eigenvalue weighted by molar-refractivity contribution is -0.164. The van der Waals surface area contributed by atoms with Crippen molar-refractivity contribution in [2.75, 3.05) is 24.6 Å². The van der Waals surface area contributed by atoms with E-state index >= 15 is 0 Å². The predicted octanol–water partition coefficient (Wildman–Crippen LogP) is 1.77. The third-order valence-corrected chi connectivity index (χ3v) is 4.66. The second kappa shape index (κ2) is 5.63. The molecule has 3 rings (SSSR count). The Morgan fingerprint density at radius 3 is 2.86 bits per heavy atom. The zero-order chi connectivity index (χ0) is 14.9. The molecule has 2 saturated heterocycles. The SMILES string of the molecule is Cc1ccc(C#N)c(N2CCC3(CC2)OCCC[C@H]3O)n1. The summed E-state index contributed by atoms with van der Waals surface area (Å²) in [4.78, 5) is 6.66. The van der Waals surface area contributed by atoms with Gasteiger partial charge in [0.05, 0.1) is 17.3 Å². The molecule has 2 fully saturated rings. The first-order valence-electron chi connectivity index (χ1n) is 7.59. The van der Waals surface area contributed by atoms with Crippen LogP contribution < -0.4 is 4.90 Å². The lowest BCUT2D eigenvalue weighted by Crippen LogP contribution is -2.55. The van der Waals surface area contributed by atoms with Crippen LogP contribution in [0.15, 0.2) is 12.1 Å². The van der Waals surface area contributed by atoms with Gasteiger partial charge in [-0.25, -0.2) is 4.98 Å². The first kappa shape index (κ1) is 14.3. The van der Waals surface area contributed by atoms with Crippen molar-refractivity contribution in [3.05, 3.63) is 23.4 Å². The zero-order valence-electron chi connectivity index (χ0n) is 12.4. The minimum Gasteiger partial charge on any atom is -0.390 e. The molecule has 1 N–H and O–H groups in total. The highest BCUT2D eigenvalue weighted by molar-refractivity contribution is 5.54. The molecule has 3 heterocycles. The van der Waals surface area contributed by atoms with Gasteiger partial charge >= 0.3 is 0 Å². The number of pyridine rings is 1. The highest BCUT2D eigenvalue weighted by Gasteiger charge is 2.44. The summed E-state index contributed by atoms with van der Waals surface area (Å²) in [5, 5.41) is 19.5. The monoisotopic (exact) mass is 287 g/mol. The molecule has 1 aromatic rings. The minimum atomic E-state index is -0.384. The van der Waals surface area contributed by atoms with Crippen molar-refractivity contribution >= 4 is 5.82 Å². The molecule has 21 heavy (non-hydrogen) atoms. The molecule has 1 atom stereocenters. The molecular weight excluding hydrogens is 266 g/mol. The topological polar surface area (TPSA) is 69.4 Å². The van der Waals surface area contributed by atoms with Gasteiger partial charge in [-0.1, -0.05) is 0 Å². The molecule has 0 radical (unpaired) electrons. The fraction of sp³-hybridized carbons (Fsp3) is 0.625. The molecule has 0 amide bonds. The van der Waals surface area contributed by atoms with Gasteiger partial charge in [0.25, 0.3) is 0 Å². The van der Waals surface area contributed by atoms with E-state index in [2.05, 4.69) is 16.0 Å². The molecule has 2 aliphatic heterocycles. The molecule has 5 nitrogen and oxygen atoms in total. The summed E-state index contributed by atoms with van der Waals surface area (Å²) in [6, 6.07) is 5.91. The first-order valence-corrected chi connectivity index (χ1v) is 7.59. The average molecular weight is 287 g/mol. The van der Waals surface area contributed by atoms with Crippen LogP contribution >= 0.6 is 0 Å². The van der Waals surface area contributed by atoms with Crippen LogP contribution in [0, 0.1) is 18.3 Å². The van der Waals surface area contributed by atoms with Gasteiger partial charge in [-0.3, -0.25) is 0 Å². The van der Waals surface area contributed by atoms with Crippen LogP contribution in [0.2, 0.25) is 0 Å². The maximum absolute atomic E-state index is 10.3. The molecule has 0 aliphatic carbocycles. The van der Waals surface area contributed by atoms with E-state index in [1.54, 1.807) is 0 Å². The normalized spacial score (nSPS) is 24.8. The fourth-order valence-electron chi connectivity index (χ4n) is 3.36. The zero-order valence-corrected chi connectivity index (χ0v) is 12.4. The van der Waals surface area contributed by atoms with Gasteiger partial charge in [0.1, 0.15) is 11.9 Å². The van der Waals surface area contributed by atoms with E-state index in [1.165, 1.54) is 0 Å². The van der Waals surface area contributed by atoms with Crippen molar-refractivity contribution in [2.45, 2.75) is 44.3 Å². The van der Waals surface area contributed by atoms with Crippen molar-refractivity contribution < 1.29 is 9.84 Å². The molecule has 1 spiro atoms. The van der Waals surface area contributed by atoms with Gasteiger partial charge in [-0.15, -0.1) is 0 Å². The van der Waals surface area contributed by atoms with Crippen LogP contribution in [0.4, 0.5) is 5.82 Å². The van der Waals surface area contributed by atoms with E-state index in [-0.39, 0.29) is 11.7 Å². The quantitative estimate of drug-likeness (QED) is 0.852. The van der Waals surface area contributed by atoms with Crippen LogP contribution in [0.3, 0.4) is 0 Å². The lowest BCUT2D eigenvalue weighted by Gasteiger charge is -2.47. The van der Waals surface area contributed by atoms with Gasteiger partial charge in [0, 0.05) is 25.4 Å². The molecule has 5 heteroatoms. The van der Waals surface area contributed by atoms with E-state index in [0.717, 1.165) is 56.9 Å². The van der Waals surface area contributed by atoms with E-state index in [9.17, 15) is 10.4 Å². The van der Waals surface area contributed by atoms with Crippen LogP contribution in [0.1, 0.15) is 36.9 Å². The molecule has 0 unspecified atom stereocenters. The highest BCUT2D eigenvalue weighted by Crippen LogP contribution is 2.36. The van der Waals surface area contributed by atoms with Crippen LogP contribution in [-0.2, 0) is 4.74 Å². The van der Waals surface area contributed by atoms with Gasteiger partial charge in [0.15, 0.2) is 0 Å². The Hall–Kier alpha value is -1.64. The Morgan fingerprint density at radius 1 is 1.43 bits per heavy atom. The smallest absolute Gasteiger partial charge is 0.146 e. The number of aliphatic hydroxyl groups excluding tert-OH is 1. The third kappa shape index (κ3) is 2.61. The van der Waals surface area contributed by atoms with Crippen molar-refractivity contribution in [1.29, 1.82) is 5.26 Å². The standard InChI is InChI=1S/C16H21N3O2/c1-12-4-5-13(11-17)15(18-12)19-8-6-16(7-9-19)14(20)3-2-10-21-16/h4-5,14,20H,2-3,6-10H2,1H3/t14-/m1/s1. The van der Waals surface area contributed by atoms with Gasteiger partial charge in [-0.2, -0.15) is 5.26 Å². The van der Waals surface area contributed by atoms with Crippen LogP contribution in [0.5, 0.6) is 0 Å². The van der Waals surface area contributed by atoms with Gasteiger partial charge in [0.2, 0.25) is 0 Å². The van der Waals surface area contributed by atoms with E-state index < -0.39 is 0 Å². The minimum absolute atomic E-state index is 0.366. The Labute approximate surface area is 125 Å². The second-order valence-electron chi connectivity index (χ2n) is 5.99. The van der Waals surface area contributed by atoms with E-state index in [0.29, 0.717) is 5.56 Å². The number of anilines is 1. The number of nitriles is 1. The summed E-state index contributed by atoms with van der Waals surface area (Å²) in [7, 11) is 0. The fourth-order valence-corrected chi connectivity index (χ4v) is 3.36. The van der Waals surface area contributed by atoms with Crippen molar-refractivity contribution in [1.82, 2.24) is 4.98 Å². The number of aryl methyl sites for hydroxylation is 1. The molecule has 2 aliphatic rings. The van der Waals surface area contributed by atoms with Crippen LogP contribution in [0.25, 0.3) is 0 Å². The Morgan fingerprint density at radius 2 is 2.19 bits per heavy atom. The second-order valence-corrected chi connectivity index (χ2v) is 5.99. The Bertz CT molecular complexity index is 559. The van der Waals surface area contributed by atoms with Crippen molar-refractivity contribution in [3.63, 3.8) is 0 Å². The summed E-state index contributed by atoms with van der Waals surface area (Å²) in [6.07, 6.45) is 2.97. The number of nitrogens with zero attached hydrogens (tertiary/aromatic N) is 3. The number of ether oxygens (including phenoxy) is 1.